The molecule has 2 heterocycles. The first-order chi connectivity index (χ1) is 11.6. The van der Waals surface area contributed by atoms with Gasteiger partial charge in [0.25, 0.3) is 5.91 Å². The van der Waals surface area contributed by atoms with Gasteiger partial charge in [0, 0.05) is 43.6 Å². The van der Waals surface area contributed by atoms with Gasteiger partial charge in [0.15, 0.2) is 0 Å². The Labute approximate surface area is 147 Å². The van der Waals surface area contributed by atoms with Crippen molar-refractivity contribution in [3.05, 3.63) is 47.5 Å². The number of carbonyl (C=O) groups excluding carboxylic acids is 1. The third-order valence-corrected chi connectivity index (χ3v) is 4.84. The Hall–Kier alpha value is -2.01. The minimum atomic E-state index is -0.0808. The third kappa shape index (κ3) is 3.90. The maximum Gasteiger partial charge on any atom is 0.251 e. The molecule has 1 aromatic carbocycles. The lowest BCUT2D eigenvalue weighted by Crippen LogP contribution is -2.26. The molecule has 1 aliphatic rings. The van der Waals surface area contributed by atoms with E-state index in [0.29, 0.717) is 23.2 Å². The highest BCUT2D eigenvalue weighted by Crippen LogP contribution is 2.29. The highest BCUT2D eigenvalue weighted by molar-refractivity contribution is 6.33. The van der Waals surface area contributed by atoms with Gasteiger partial charge in [-0.05, 0) is 44.4 Å². The fourth-order valence-corrected chi connectivity index (χ4v) is 3.34. The number of imidazole rings is 1. The molecule has 1 N–H and O–H groups in total. The van der Waals surface area contributed by atoms with E-state index in [1.165, 1.54) is 12.8 Å². The zero-order chi connectivity index (χ0) is 16.9. The average molecular weight is 347 g/mol. The van der Waals surface area contributed by atoms with Crippen LogP contribution in [-0.2, 0) is 0 Å². The molecule has 1 amide bonds. The molecular weight excluding hydrogens is 324 g/mol. The largest absolute Gasteiger partial charge is 0.370 e. The molecule has 3 rings (SSSR count). The van der Waals surface area contributed by atoms with E-state index in [4.69, 9.17) is 11.6 Å². The molecule has 1 fully saturated rings. The maximum atomic E-state index is 12.3. The van der Waals surface area contributed by atoms with Crippen LogP contribution in [0.3, 0.4) is 0 Å². The van der Waals surface area contributed by atoms with E-state index in [1.807, 2.05) is 22.9 Å². The topological polar surface area (TPSA) is 50.2 Å². The molecule has 0 radical (unpaired) electrons. The van der Waals surface area contributed by atoms with Gasteiger partial charge in [-0.15, -0.1) is 0 Å². The van der Waals surface area contributed by atoms with Gasteiger partial charge in [-0.2, -0.15) is 0 Å². The summed E-state index contributed by atoms with van der Waals surface area (Å²) in [5, 5.41) is 3.61. The van der Waals surface area contributed by atoms with Gasteiger partial charge >= 0.3 is 0 Å². The van der Waals surface area contributed by atoms with Crippen LogP contribution in [-0.4, -0.2) is 35.1 Å². The quantitative estimate of drug-likeness (QED) is 0.870. The van der Waals surface area contributed by atoms with Crippen LogP contribution in [0.5, 0.6) is 0 Å². The number of nitrogens with one attached hydrogen (secondary N) is 1. The van der Waals surface area contributed by atoms with E-state index in [2.05, 4.69) is 22.1 Å². The molecule has 24 heavy (non-hydrogen) atoms. The molecule has 0 aliphatic carbocycles. The summed E-state index contributed by atoms with van der Waals surface area (Å²) in [6.45, 7) is 4.80. The van der Waals surface area contributed by atoms with Crippen molar-refractivity contribution in [1.82, 2.24) is 14.9 Å². The standard InChI is InChI=1S/C18H23ClN4O/c1-14(23-11-8-20-13-23)6-7-21-18(24)15-4-5-17(16(19)12-15)22-9-2-3-10-22/h4-5,8,11-14H,2-3,6-7,9-10H2,1H3,(H,21,24)/t14-/m0/s1. The Morgan fingerprint density at radius 3 is 2.83 bits per heavy atom. The Bertz CT molecular complexity index is 680. The van der Waals surface area contributed by atoms with Crippen LogP contribution in [0.15, 0.2) is 36.9 Å². The zero-order valence-corrected chi connectivity index (χ0v) is 14.7. The smallest absolute Gasteiger partial charge is 0.251 e. The molecule has 1 atom stereocenters. The van der Waals surface area contributed by atoms with Crippen LogP contribution in [0.2, 0.25) is 5.02 Å². The van der Waals surface area contributed by atoms with E-state index in [9.17, 15) is 4.79 Å². The fraction of sp³-hybridized carbons (Fsp3) is 0.444. The number of amides is 1. The molecule has 2 aromatic rings. The molecule has 5 nitrogen and oxygen atoms in total. The fourth-order valence-electron chi connectivity index (χ4n) is 3.04. The molecule has 0 saturated carbocycles. The van der Waals surface area contributed by atoms with Gasteiger partial charge in [0.05, 0.1) is 17.0 Å². The van der Waals surface area contributed by atoms with E-state index in [0.717, 1.165) is 25.2 Å². The van der Waals surface area contributed by atoms with E-state index in [-0.39, 0.29) is 5.91 Å². The zero-order valence-electron chi connectivity index (χ0n) is 13.9. The van der Waals surface area contributed by atoms with Crippen LogP contribution in [0.25, 0.3) is 0 Å². The summed E-state index contributed by atoms with van der Waals surface area (Å²) in [4.78, 5) is 18.6. The molecule has 1 aromatic heterocycles. The number of hydrogen-bond donors (Lipinski definition) is 1. The van der Waals surface area contributed by atoms with Crippen molar-refractivity contribution < 1.29 is 4.79 Å². The van der Waals surface area contributed by atoms with Crippen molar-refractivity contribution in [2.75, 3.05) is 24.5 Å². The number of halogens is 1. The molecular formula is C18H23ClN4O. The van der Waals surface area contributed by atoms with Crippen molar-refractivity contribution in [2.24, 2.45) is 0 Å². The summed E-state index contributed by atoms with van der Waals surface area (Å²) in [7, 11) is 0. The molecule has 0 spiro atoms. The lowest BCUT2D eigenvalue weighted by molar-refractivity contribution is 0.0952. The van der Waals surface area contributed by atoms with Crippen LogP contribution in [0.4, 0.5) is 5.69 Å². The van der Waals surface area contributed by atoms with Crippen LogP contribution < -0.4 is 10.2 Å². The molecule has 0 unspecified atom stereocenters. The van der Waals surface area contributed by atoms with Crippen molar-refractivity contribution >= 4 is 23.2 Å². The predicted molar refractivity (Wildman–Crippen MR) is 96.8 cm³/mol. The summed E-state index contributed by atoms with van der Waals surface area (Å²) in [5.74, 6) is -0.0808. The lowest BCUT2D eigenvalue weighted by atomic mass is 10.1. The first-order valence-corrected chi connectivity index (χ1v) is 8.83. The summed E-state index contributed by atoms with van der Waals surface area (Å²) >= 11 is 6.37. The van der Waals surface area contributed by atoms with E-state index < -0.39 is 0 Å². The second-order valence-corrected chi connectivity index (χ2v) is 6.67. The number of nitrogens with zero attached hydrogens (tertiary/aromatic N) is 3. The van der Waals surface area contributed by atoms with E-state index in [1.54, 1.807) is 18.6 Å². The number of anilines is 1. The number of benzene rings is 1. The highest BCUT2D eigenvalue weighted by atomic mass is 35.5. The highest BCUT2D eigenvalue weighted by Gasteiger charge is 2.16. The van der Waals surface area contributed by atoms with Crippen LogP contribution in [0.1, 0.15) is 42.6 Å². The number of carbonyl (C=O) groups is 1. The van der Waals surface area contributed by atoms with Crippen molar-refractivity contribution in [2.45, 2.75) is 32.2 Å². The Balaban J connectivity index is 1.54. The molecule has 128 valence electrons. The Morgan fingerprint density at radius 2 is 2.17 bits per heavy atom. The van der Waals surface area contributed by atoms with Crippen LogP contribution >= 0.6 is 11.6 Å². The van der Waals surface area contributed by atoms with Gasteiger partial charge in [-0.1, -0.05) is 11.6 Å². The van der Waals surface area contributed by atoms with Gasteiger partial charge in [-0.25, -0.2) is 4.98 Å². The van der Waals surface area contributed by atoms with Crippen molar-refractivity contribution in [3.8, 4) is 0 Å². The lowest BCUT2D eigenvalue weighted by Gasteiger charge is -2.19. The van der Waals surface area contributed by atoms with Gasteiger partial charge in [-0.3, -0.25) is 4.79 Å². The van der Waals surface area contributed by atoms with Crippen molar-refractivity contribution in [1.29, 1.82) is 0 Å². The second-order valence-electron chi connectivity index (χ2n) is 6.26. The summed E-state index contributed by atoms with van der Waals surface area (Å²) in [5.41, 5.74) is 1.64. The van der Waals surface area contributed by atoms with E-state index >= 15 is 0 Å². The SMILES string of the molecule is C[C@@H](CCNC(=O)c1ccc(N2CCCC2)c(Cl)c1)n1ccnc1. The van der Waals surface area contributed by atoms with Gasteiger partial charge < -0.3 is 14.8 Å². The summed E-state index contributed by atoms with van der Waals surface area (Å²) in [6.07, 6.45) is 8.74. The Kier molecular flexibility index (Phi) is 5.41. The normalized spacial score (nSPS) is 15.5. The third-order valence-electron chi connectivity index (χ3n) is 4.54. The first-order valence-electron chi connectivity index (χ1n) is 8.45. The first kappa shape index (κ1) is 16.8. The summed E-state index contributed by atoms with van der Waals surface area (Å²) in [6, 6.07) is 5.88. The average Bonchev–Trinajstić information content (AvgIpc) is 3.28. The van der Waals surface area contributed by atoms with Crippen molar-refractivity contribution in [3.63, 3.8) is 0 Å². The second kappa shape index (κ2) is 7.71. The number of rotatable bonds is 6. The van der Waals surface area contributed by atoms with Gasteiger partial charge in [0.2, 0.25) is 0 Å². The predicted octanol–water partition coefficient (Wildman–Crippen LogP) is 3.52. The van der Waals surface area contributed by atoms with Gasteiger partial charge in [0.1, 0.15) is 0 Å². The number of hydrogen-bond acceptors (Lipinski definition) is 3. The number of aromatic nitrogens is 2. The molecule has 0 bridgehead atoms. The molecule has 6 heteroatoms. The summed E-state index contributed by atoms with van der Waals surface area (Å²) < 4.78 is 2.04. The molecule has 1 aliphatic heterocycles. The monoisotopic (exact) mass is 346 g/mol. The minimum Gasteiger partial charge on any atom is -0.370 e. The maximum absolute atomic E-state index is 12.3. The van der Waals surface area contributed by atoms with Crippen LogP contribution in [0, 0.1) is 0 Å². The Morgan fingerprint density at radius 1 is 1.38 bits per heavy atom. The minimum absolute atomic E-state index is 0.0808. The molecule has 1 saturated heterocycles.